The summed E-state index contributed by atoms with van der Waals surface area (Å²) in [7, 11) is 4.15. The van der Waals surface area contributed by atoms with Crippen molar-refractivity contribution in [2.75, 3.05) is 46.9 Å². The number of hydrogen-bond donors (Lipinski definition) is 2. The fourth-order valence-corrected chi connectivity index (χ4v) is 2.48. The van der Waals surface area contributed by atoms with Crippen molar-refractivity contribution in [3.63, 3.8) is 0 Å². The molecular formula is C15H30N4O3. The summed E-state index contributed by atoms with van der Waals surface area (Å²) in [5, 5.41) is 5.58. The zero-order chi connectivity index (χ0) is 16.7. The van der Waals surface area contributed by atoms with Gasteiger partial charge in [0.15, 0.2) is 0 Å². The summed E-state index contributed by atoms with van der Waals surface area (Å²) in [6, 6.07) is -0.288. The molecule has 0 bridgehead atoms. The minimum atomic E-state index is -0.578. The molecule has 1 aliphatic heterocycles. The molecule has 0 saturated carbocycles. The van der Waals surface area contributed by atoms with Crippen LogP contribution < -0.4 is 10.6 Å². The first kappa shape index (κ1) is 18.7. The van der Waals surface area contributed by atoms with Crippen molar-refractivity contribution in [1.29, 1.82) is 0 Å². The van der Waals surface area contributed by atoms with E-state index in [-0.39, 0.29) is 24.5 Å². The molecule has 1 rings (SSSR count). The highest BCUT2D eigenvalue weighted by atomic mass is 16.5. The number of carbonyl (C=O) groups is 2. The maximum absolute atomic E-state index is 12.3. The zero-order valence-electron chi connectivity index (χ0n) is 14.4. The number of carbonyl (C=O) groups excluding carboxylic acids is 2. The molecule has 7 heteroatoms. The van der Waals surface area contributed by atoms with Crippen LogP contribution in [0.1, 0.15) is 20.8 Å². The topological polar surface area (TPSA) is 73.9 Å². The lowest BCUT2D eigenvalue weighted by atomic mass is 10.0. The Kier molecular flexibility index (Phi) is 7.61. The Labute approximate surface area is 133 Å². The van der Waals surface area contributed by atoms with Crippen molar-refractivity contribution in [2.24, 2.45) is 5.92 Å². The molecule has 1 fully saturated rings. The van der Waals surface area contributed by atoms with E-state index in [0.717, 1.165) is 19.6 Å². The fraction of sp³-hybridized carbons (Fsp3) is 0.867. The number of alkyl carbamates (subject to hydrolysis) is 1. The molecule has 0 radical (unpaired) electrons. The van der Waals surface area contributed by atoms with Crippen LogP contribution in [0, 0.1) is 5.92 Å². The van der Waals surface area contributed by atoms with E-state index in [0.29, 0.717) is 6.54 Å². The first-order valence-corrected chi connectivity index (χ1v) is 7.94. The van der Waals surface area contributed by atoms with Gasteiger partial charge in [-0.1, -0.05) is 13.8 Å². The summed E-state index contributed by atoms with van der Waals surface area (Å²) in [4.78, 5) is 28.4. The van der Waals surface area contributed by atoms with Gasteiger partial charge in [-0.3, -0.25) is 9.69 Å². The van der Waals surface area contributed by atoms with Gasteiger partial charge in [0.05, 0.1) is 6.61 Å². The molecule has 0 aliphatic carbocycles. The van der Waals surface area contributed by atoms with Gasteiger partial charge in [0, 0.05) is 32.2 Å². The predicted octanol–water partition coefficient (Wildman–Crippen LogP) is 0.119. The molecule has 0 aromatic heterocycles. The molecule has 2 N–H and O–H groups in total. The third kappa shape index (κ3) is 5.81. The molecular weight excluding hydrogens is 284 g/mol. The van der Waals surface area contributed by atoms with Gasteiger partial charge < -0.3 is 20.3 Å². The predicted molar refractivity (Wildman–Crippen MR) is 85.7 cm³/mol. The van der Waals surface area contributed by atoms with Gasteiger partial charge in [-0.15, -0.1) is 0 Å². The second kappa shape index (κ2) is 8.95. The quantitative estimate of drug-likeness (QED) is 0.728. The van der Waals surface area contributed by atoms with Crippen LogP contribution >= 0.6 is 0 Å². The second-order valence-corrected chi connectivity index (χ2v) is 6.23. The van der Waals surface area contributed by atoms with E-state index in [1.54, 1.807) is 6.92 Å². The van der Waals surface area contributed by atoms with E-state index in [9.17, 15) is 9.59 Å². The summed E-state index contributed by atoms with van der Waals surface area (Å²) < 4.78 is 4.85. The maximum atomic E-state index is 12.3. The minimum Gasteiger partial charge on any atom is -0.450 e. The first-order chi connectivity index (χ1) is 10.3. The largest absolute Gasteiger partial charge is 0.450 e. The minimum absolute atomic E-state index is 0.00355. The molecule has 2 unspecified atom stereocenters. The Morgan fingerprint density at radius 3 is 2.55 bits per heavy atom. The molecule has 7 nitrogen and oxygen atoms in total. The van der Waals surface area contributed by atoms with Crippen LogP contribution in [0.2, 0.25) is 0 Å². The number of amides is 2. The number of likely N-dealkylation sites (N-methyl/N-ethyl adjacent to an activating group) is 2. The lowest BCUT2D eigenvalue weighted by molar-refractivity contribution is -0.124. The molecule has 22 heavy (non-hydrogen) atoms. The molecule has 1 aliphatic rings. The summed E-state index contributed by atoms with van der Waals surface area (Å²) in [5.74, 6) is -0.166. The van der Waals surface area contributed by atoms with Crippen LogP contribution in [0.5, 0.6) is 0 Å². The van der Waals surface area contributed by atoms with Crippen molar-refractivity contribution in [3.8, 4) is 0 Å². The molecule has 2 atom stereocenters. The Bertz CT molecular complexity index is 376. The van der Waals surface area contributed by atoms with Gasteiger partial charge in [0.1, 0.15) is 6.04 Å². The average molecular weight is 314 g/mol. The van der Waals surface area contributed by atoms with Crippen molar-refractivity contribution in [2.45, 2.75) is 32.9 Å². The first-order valence-electron chi connectivity index (χ1n) is 7.94. The number of hydrogen-bond acceptors (Lipinski definition) is 5. The molecule has 128 valence electrons. The number of nitrogens with one attached hydrogen (secondary N) is 2. The normalized spacial score (nSPS) is 21.5. The van der Waals surface area contributed by atoms with Crippen molar-refractivity contribution in [3.05, 3.63) is 0 Å². The highest BCUT2D eigenvalue weighted by Gasteiger charge is 2.27. The van der Waals surface area contributed by atoms with E-state index < -0.39 is 12.1 Å². The van der Waals surface area contributed by atoms with E-state index in [1.165, 1.54) is 0 Å². The van der Waals surface area contributed by atoms with Gasteiger partial charge in [0.2, 0.25) is 5.91 Å². The van der Waals surface area contributed by atoms with Gasteiger partial charge in [-0.25, -0.2) is 4.79 Å². The Hall–Kier alpha value is -1.34. The van der Waals surface area contributed by atoms with Gasteiger partial charge >= 0.3 is 6.09 Å². The molecule has 0 aromatic rings. The second-order valence-electron chi connectivity index (χ2n) is 6.23. The standard InChI is InChI=1S/C15H30N4O3/c1-6-22-15(21)17-13(11(2)3)14(20)16-9-12-10-18(4)7-8-19(12)5/h11-13H,6-10H2,1-5H3,(H,16,20)(H,17,21). The molecule has 0 spiro atoms. The molecule has 1 saturated heterocycles. The van der Waals surface area contributed by atoms with Crippen LogP contribution in [0.3, 0.4) is 0 Å². The van der Waals surface area contributed by atoms with Crippen LogP contribution in [0.25, 0.3) is 0 Å². The van der Waals surface area contributed by atoms with Crippen molar-refractivity contribution in [1.82, 2.24) is 20.4 Å². The van der Waals surface area contributed by atoms with Gasteiger partial charge in [-0.2, -0.15) is 0 Å². The van der Waals surface area contributed by atoms with Gasteiger partial charge in [0.25, 0.3) is 0 Å². The Morgan fingerprint density at radius 2 is 1.95 bits per heavy atom. The van der Waals surface area contributed by atoms with E-state index >= 15 is 0 Å². The third-order valence-corrected chi connectivity index (χ3v) is 3.99. The van der Waals surface area contributed by atoms with Crippen LogP contribution in [0.15, 0.2) is 0 Å². The zero-order valence-corrected chi connectivity index (χ0v) is 14.4. The monoisotopic (exact) mass is 314 g/mol. The lowest BCUT2D eigenvalue weighted by Gasteiger charge is -2.38. The van der Waals surface area contributed by atoms with E-state index in [1.807, 2.05) is 13.8 Å². The Balaban J connectivity index is 2.50. The summed E-state index contributed by atoms with van der Waals surface area (Å²) >= 11 is 0. The van der Waals surface area contributed by atoms with E-state index in [4.69, 9.17) is 4.74 Å². The lowest BCUT2D eigenvalue weighted by Crippen LogP contribution is -2.57. The summed E-state index contributed by atoms with van der Waals surface area (Å²) in [6.45, 7) is 9.36. The molecule has 2 amide bonds. The maximum Gasteiger partial charge on any atom is 0.407 e. The van der Waals surface area contributed by atoms with E-state index in [2.05, 4.69) is 34.5 Å². The van der Waals surface area contributed by atoms with Gasteiger partial charge in [-0.05, 0) is 26.9 Å². The fourth-order valence-electron chi connectivity index (χ4n) is 2.48. The molecule has 1 heterocycles. The van der Waals surface area contributed by atoms with Crippen molar-refractivity contribution < 1.29 is 14.3 Å². The third-order valence-electron chi connectivity index (χ3n) is 3.99. The molecule has 0 aromatic carbocycles. The SMILES string of the molecule is CCOC(=O)NC(C(=O)NCC1CN(C)CCN1C)C(C)C. The Morgan fingerprint density at radius 1 is 1.27 bits per heavy atom. The number of piperazine rings is 1. The summed E-state index contributed by atoms with van der Waals surface area (Å²) in [6.07, 6.45) is -0.550. The number of nitrogens with zero attached hydrogens (tertiary/aromatic N) is 2. The summed E-state index contributed by atoms with van der Waals surface area (Å²) in [5.41, 5.74) is 0. The number of ether oxygens (including phenoxy) is 1. The average Bonchev–Trinajstić information content (AvgIpc) is 2.45. The van der Waals surface area contributed by atoms with Crippen LogP contribution in [0.4, 0.5) is 4.79 Å². The van der Waals surface area contributed by atoms with Crippen molar-refractivity contribution >= 4 is 12.0 Å². The highest BCUT2D eigenvalue weighted by molar-refractivity contribution is 5.85. The highest BCUT2D eigenvalue weighted by Crippen LogP contribution is 2.06. The van der Waals surface area contributed by atoms with Crippen LogP contribution in [-0.2, 0) is 9.53 Å². The van der Waals surface area contributed by atoms with Crippen LogP contribution in [-0.4, -0.2) is 80.8 Å². The number of rotatable bonds is 6. The smallest absolute Gasteiger partial charge is 0.407 e.